The van der Waals surface area contributed by atoms with Crippen molar-refractivity contribution in [3.63, 3.8) is 0 Å². The molecule has 0 aliphatic rings. The number of nitrogens with two attached hydrogens (primary N) is 3. The first-order valence-corrected chi connectivity index (χ1v) is 8.52. The number of hydrogen-bond acceptors (Lipinski definition) is 11. The summed E-state index contributed by atoms with van der Waals surface area (Å²) in [5.41, 5.74) is 19.4. The Balaban J connectivity index is 1.77. The normalized spacial score (nSPS) is 11.9. The number of fused-ring (bicyclic) bond motifs is 1. The van der Waals surface area contributed by atoms with E-state index in [1.807, 2.05) is 18.2 Å². The molecule has 4 aromatic rings. The lowest BCUT2D eigenvalue weighted by Crippen LogP contribution is -2.04. The van der Waals surface area contributed by atoms with Crippen molar-refractivity contribution in [3.05, 3.63) is 41.9 Å². The second kappa shape index (κ2) is 6.76. The van der Waals surface area contributed by atoms with Gasteiger partial charge in [0.1, 0.15) is 0 Å². The molecule has 12 heteroatoms. The Labute approximate surface area is 156 Å². The second-order valence-electron chi connectivity index (χ2n) is 5.25. The van der Waals surface area contributed by atoms with Crippen LogP contribution in [-0.4, -0.2) is 19.6 Å². The van der Waals surface area contributed by atoms with Crippen LogP contribution in [0.15, 0.2) is 62.4 Å². The Bertz CT molecular complexity index is 1150. The molecule has 3 aromatic heterocycles. The zero-order chi connectivity index (χ0) is 18.8. The molecule has 1 aromatic carbocycles. The van der Waals surface area contributed by atoms with Gasteiger partial charge in [0.2, 0.25) is 5.13 Å². The van der Waals surface area contributed by atoms with Crippen LogP contribution in [-0.2, 0) is 0 Å². The van der Waals surface area contributed by atoms with E-state index in [-0.39, 0.29) is 34.5 Å². The first-order chi connectivity index (χ1) is 13.1. The number of nitrogens with zero attached hydrogens (tertiary/aromatic N) is 8. The molecule has 0 spiro atoms. The largest absolute Gasteiger partial charge is 0.382 e. The standard InChI is InChI=1S/C15H13N11S/c16-11-9(22-21-8-4-2-1-3-5-8)13(18)26-14(20-11)10(12(17)25-26)23-24-15-19-6-7-27-15/h1-7H,18H2,(H2,16,20)(H2,17,25). The lowest BCUT2D eigenvalue weighted by Gasteiger charge is -2.05. The van der Waals surface area contributed by atoms with Crippen LogP contribution in [0, 0.1) is 0 Å². The molecule has 0 saturated heterocycles. The highest BCUT2D eigenvalue weighted by molar-refractivity contribution is 7.13. The minimum absolute atomic E-state index is 0.0743. The molecule has 0 fully saturated rings. The van der Waals surface area contributed by atoms with E-state index in [0.29, 0.717) is 10.8 Å². The Morgan fingerprint density at radius 2 is 1.67 bits per heavy atom. The maximum Gasteiger partial charge on any atom is 0.229 e. The van der Waals surface area contributed by atoms with Gasteiger partial charge in [0.15, 0.2) is 34.5 Å². The van der Waals surface area contributed by atoms with Crippen LogP contribution in [0.5, 0.6) is 0 Å². The van der Waals surface area contributed by atoms with Gasteiger partial charge in [0, 0.05) is 11.6 Å². The second-order valence-corrected chi connectivity index (χ2v) is 6.12. The van der Waals surface area contributed by atoms with Crippen LogP contribution in [0.4, 0.5) is 39.6 Å². The summed E-state index contributed by atoms with van der Waals surface area (Å²) < 4.78 is 1.31. The summed E-state index contributed by atoms with van der Waals surface area (Å²) >= 11 is 1.33. The predicted octanol–water partition coefficient (Wildman–Crippen LogP) is 3.76. The number of anilines is 3. The van der Waals surface area contributed by atoms with Gasteiger partial charge in [0.05, 0.1) is 5.69 Å². The van der Waals surface area contributed by atoms with Crippen molar-refractivity contribution in [1.29, 1.82) is 0 Å². The molecule has 0 radical (unpaired) electrons. The Morgan fingerprint density at radius 3 is 2.41 bits per heavy atom. The first kappa shape index (κ1) is 16.5. The molecule has 27 heavy (non-hydrogen) atoms. The molecule has 0 unspecified atom stereocenters. The number of aromatic nitrogens is 4. The third-order valence-corrected chi connectivity index (χ3v) is 4.13. The highest BCUT2D eigenvalue weighted by atomic mass is 32.1. The van der Waals surface area contributed by atoms with Gasteiger partial charge in [-0.05, 0) is 12.1 Å². The Morgan fingerprint density at radius 1 is 0.889 bits per heavy atom. The van der Waals surface area contributed by atoms with E-state index in [4.69, 9.17) is 17.2 Å². The number of nitrogen functional groups attached to an aromatic ring is 3. The molecule has 0 aliphatic heterocycles. The average Bonchev–Trinajstić information content (AvgIpc) is 3.29. The zero-order valence-electron chi connectivity index (χ0n) is 13.8. The van der Waals surface area contributed by atoms with Gasteiger partial charge >= 0.3 is 0 Å². The van der Waals surface area contributed by atoms with Gasteiger partial charge in [-0.2, -0.15) is 9.63 Å². The topological polar surface area (TPSA) is 171 Å². The van der Waals surface area contributed by atoms with Crippen LogP contribution in [0.3, 0.4) is 0 Å². The van der Waals surface area contributed by atoms with Crippen molar-refractivity contribution in [2.75, 3.05) is 17.2 Å². The van der Waals surface area contributed by atoms with Crippen LogP contribution >= 0.6 is 11.3 Å². The molecule has 6 N–H and O–H groups in total. The molecule has 11 nitrogen and oxygen atoms in total. The molecular formula is C15H13N11S. The van der Waals surface area contributed by atoms with E-state index in [0.717, 1.165) is 0 Å². The Kier molecular flexibility index (Phi) is 4.14. The third kappa shape index (κ3) is 3.16. The van der Waals surface area contributed by atoms with Gasteiger partial charge in [0.25, 0.3) is 0 Å². The van der Waals surface area contributed by atoms with Gasteiger partial charge < -0.3 is 17.2 Å². The minimum atomic E-state index is 0.0743. The van der Waals surface area contributed by atoms with Crippen LogP contribution in [0.25, 0.3) is 5.65 Å². The summed E-state index contributed by atoms with van der Waals surface area (Å²) in [6, 6.07) is 9.16. The fourth-order valence-electron chi connectivity index (χ4n) is 2.24. The fourth-order valence-corrected chi connectivity index (χ4v) is 2.70. The summed E-state index contributed by atoms with van der Waals surface area (Å²) in [6.07, 6.45) is 1.62. The van der Waals surface area contributed by atoms with E-state index in [1.165, 1.54) is 15.9 Å². The fraction of sp³-hybridized carbons (Fsp3) is 0. The lowest BCUT2D eigenvalue weighted by atomic mass is 10.3. The monoisotopic (exact) mass is 379 g/mol. The van der Waals surface area contributed by atoms with E-state index in [9.17, 15) is 0 Å². The maximum absolute atomic E-state index is 6.15. The number of thiazole rings is 1. The quantitative estimate of drug-likeness (QED) is 0.455. The summed E-state index contributed by atoms with van der Waals surface area (Å²) in [6.45, 7) is 0. The molecule has 4 rings (SSSR count). The van der Waals surface area contributed by atoms with Crippen molar-refractivity contribution in [3.8, 4) is 0 Å². The number of azo groups is 2. The average molecular weight is 379 g/mol. The van der Waals surface area contributed by atoms with Crippen LogP contribution in [0.1, 0.15) is 0 Å². The zero-order valence-corrected chi connectivity index (χ0v) is 14.6. The first-order valence-electron chi connectivity index (χ1n) is 7.64. The molecule has 3 heterocycles. The van der Waals surface area contributed by atoms with Crippen molar-refractivity contribution in [1.82, 2.24) is 19.6 Å². The van der Waals surface area contributed by atoms with Gasteiger partial charge in [-0.1, -0.05) is 18.2 Å². The van der Waals surface area contributed by atoms with Crippen molar-refractivity contribution in [2.24, 2.45) is 20.5 Å². The van der Waals surface area contributed by atoms with Gasteiger partial charge in [-0.3, -0.25) is 0 Å². The number of benzene rings is 1. The smallest absolute Gasteiger partial charge is 0.229 e. The predicted molar refractivity (Wildman–Crippen MR) is 103 cm³/mol. The summed E-state index contributed by atoms with van der Waals surface area (Å²) in [5.74, 6) is 0.316. The van der Waals surface area contributed by atoms with E-state index >= 15 is 0 Å². The van der Waals surface area contributed by atoms with E-state index in [2.05, 4.69) is 35.5 Å². The van der Waals surface area contributed by atoms with E-state index < -0.39 is 0 Å². The van der Waals surface area contributed by atoms with Gasteiger partial charge in [-0.15, -0.1) is 31.8 Å². The molecule has 0 bridgehead atoms. The van der Waals surface area contributed by atoms with Crippen molar-refractivity contribution in [2.45, 2.75) is 0 Å². The SMILES string of the molecule is Nc1nc2c(N=Nc3nccs3)c(N)nn2c(N)c1N=Nc1ccccc1. The van der Waals surface area contributed by atoms with Gasteiger partial charge in [-0.25, -0.2) is 9.97 Å². The molecule has 134 valence electrons. The molecular weight excluding hydrogens is 366 g/mol. The molecule has 0 atom stereocenters. The maximum atomic E-state index is 6.15. The summed E-state index contributed by atoms with van der Waals surface area (Å²) in [5, 5.41) is 22.7. The van der Waals surface area contributed by atoms with E-state index in [1.54, 1.807) is 23.7 Å². The van der Waals surface area contributed by atoms with Crippen LogP contribution < -0.4 is 17.2 Å². The third-order valence-electron chi connectivity index (χ3n) is 3.48. The summed E-state index contributed by atoms with van der Waals surface area (Å²) in [7, 11) is 0. The molecule has 0 aliphatic carbocycles. The lowest BCUT2D eigenvalue weighted by molar-refractivity contribution is 0.955. The van der Waals surface area contributed by atoms with Crippen molar-refractivity contribution < 1.29 is 0 Å². The van der Waals surface area contributed by atoms with Crippen LogP contribution in [0.2, 0.25) is 0 Å². The summed E-state index contributed by atoms with van der Waals surface area (Å²) in [4.78, 5) is 8.28. The van der Waals surface area contributed by atoms with Crippen molar-refractivity contribution >= 4 is 56.6 Å². The number of hydrogen-bond donors (Lipinski definition) is 3. The Hall–Kier alpha value is -3.93. The number of rotatable bonds is 4. The highest BCUT2D eigenvalue weighted by Crippen LogP contribution is 2.36. The molecule has 0 amide bonds. The minimum Gasteiger partial charge on any atom is -0.382 e. The molecule has 0 saturated carbocycles. The highest BCUT2D eigenvalue weighted by Gasteiger charge is 2.18.